The summed E-state index contributed by atoms with van der Waals surface area (Å²) in [5.74, 6) is 0.538. The third kappa shape index (κ3) is 11.1. The molecule has 0 aliphatic rings. The standard InChI is InChI=1S/C13H27N3/c1-4-5-6-7-8-9-10-15-13(14)16-11-12(2)3/h2,4-11H2,1,3H3,(H3,14,15,16). The van der Waals surface area contributed by atoms with E-state index < -0.39 is 0 Å². The summed E-state index contributed by atoms with van der Waals surface area (Å²) in [5.41, 5.74) is 6.71. The average molecular weight is 225 g/mol. The second kappa shape index (κ2) is 10.5. The van der Waals surface area contributed by atoms with Crippen molar-refractivity contribution in [1.29, 1.82) is 0 Å². The Labute approximate surface area is 100 Å². The van der Waals surface area contributed by atoms with Gasteiger partial charge in [0.25, 0.3) is 0 Å². The van der Waals surface area contributed by atoms with Gasteiger partial charge in [0, 0.05) is 6.54 Å². The maximum atomic E-state index is 5.68. The van der Waals surface area contributed by atoms with Crippen LogP contribution in [0, 0.1) is 0 Å². The van der Waals surface area contributed by atoms with E-state index in [1.807, 2.05) is 6.92 Å². The fraction of sp³-hybridized carbons (Fsp3) is 0.769. The molecular weight excluding hydrogens is 198 g/mol. The van der Waals surface area contributed by atoms with Crippen molar-refractivity contribution in [2.75, 3.05) is 13.1 Å². The number of nitrogens with two attached hydrogens (primary N) is 1. The second-order valence-corrected chi connectivity index (χ2v) is 4.35. The summed E-state index contributed by atoms with van der Waals surface area (Å²) in [7, 11) is 0. The number of aliphatic imine (C=N–C) groups is 1. The quantitative estimate of drug-likeness (QED) is 0.274. The van der Waals surface area contributed by atoms with Crippen LogP contribution in [0.25, 0.3) is 0 Å². The van der Waals surface area contributed by atoms with Crippen LogP contribution in [0.15, 0.2) is 17.1 Å². The first-order valence-corrected chi connectivity index (χ1v) is 6.35. The first kappa shape index (κ1) is 15.0. The predicted octanol–water partition coefficient (Wildman–Crippen LogP) is 2.83. The smallest absolute Gasteiger partial charge is 0.188 e. The first-order valence-electron chi connectivity index (χ1n) is 6.35. The van der Waals surface area contributed by atoms with E-state index in [0.717, 1.165) is 12.1 Å². The van der Waals surface area contributed by atoms with Crippen molar-refractivity contribution in [1.82, 2.24) is 5.32 Å². The highest BCUT2D eigenvalue weighted by Crippen LogP contribution is 2.03. The number of hydrogen-bond acceptors (Lipinski definition) is 1. The largest absolute Gasteiger partial charge is 0.370 e. The SMILES string of the molecule is C=C(C)CN=C(N)NCCCCCCCC. The molecule has 3 N–H and O–H groups in total. The number of nitrogens with zero attached hydrogens (tertiary/aromatic N) is 1. The topological polar surface area (TPSA) is 50.4 Å². The van der Waals surface area contributed by atoms with Gasteiger partial charge >= 0.3 is 0 Å². The summed E-state index contributed by atoms with van der Waals surface area (Å²) in [6.45, 7) is 9.51. The molecule has 0 spiro atoms. The molecule has 3 heteroatoms. The molecule has 0 aliphatic carbocycles. The van der Waals surface area contributed by atoms with Gasteiger partial charge in [-0.05, 0) is 13.3 Å². The molecule has 0 heterocycles. The van der Waals surface area contributed by atoms with E-state index in [1.54, 1.807) is 0 Å². The van der Waals surface area contributed by atoms with E-state index in [4.69, 9.17) is 5.73 Å². The summed E-state index contributed by atoms with van der Waals surface area (Å²) in [6.07, 6.45) is 7.80. The molecule has 16 heavy (non-hydrogen) atoms. The molecule has 0 radical (unpaired) electrons. The Morgan fingerprint density at radius 2 is 1.81 bits per heavy atom. The number of unbranched alkanes of at least 4 members (excludes halogenated alkanes) is 5. The minimum Gasteiger partial charge on any atom is -0.370 e. The monoisotopic (exact) mass is 225 g/mol. The molecule has 0 atom stereocenters. The zero-order chi connectivity index (χ0) is 12.2. The van der Waals surface area contributed by atoms with Gasteiger partial charge in [0.15, 0.2) is 5.96 Å². The van der Waals surface area contributed by atoms with Crippen molar-refractivity contribution in [3.8, 4) is 0 Å². The van der Waals surface area contributed by atoms with Crippen molar-refractivity contribution in [2.45, 2.75) is 52.4 Å². The zero-order valence-corrected chi connectivity index (χ0v) is 10.9. The van der Waals surface area contributed by atoms with E-state index in [2.05, 4.69) is 23.8 Å². The number of hydrogen-bond donors (Lipinski definition) is 2. The molecule has 3 nitrogen and oxygen atoms in total. The van der Waals surface area contributed by atoms with Gasteiger partial charge in [-0.1, -0.05) is 51.2 Å². The van der Waals surface area contributed by atoms with Gasteiger partial charge in [-0.15, -0.1) is 0 Å². The Hall–Kier alpha value is -0.990. The fourth-order valence-corrected chi connectivity index (χ4v) is 1.40. The van der Waals surface area contributed by atoms with Crippen molar-refractivity contribution < 1.29 is 0 Å². The van der Waals surface area contributed by atoms with Crippen molar-refractivity contribution in [3.63, 3.8) is 0 Å². The molecule has 0 saturated carbocycles. The minimum atomic E-state index is 0.538. The van der Waals surface area contributed by atoms with Crippen LogP contribution in [0.5, 0.6) is 0 Å². The lowest BCUT2D eigenvalue weighted by Gasteiger charge is -2.05. The fourth-order valence-electron chi connectivity index (χ4n) is 1.40. The molecule has 0 bridgehead atoms. The molecule has 0 aromatic heterocycles. The summed E-state index contributed by atoms with van der Waals surface area (Å²) < 4.78 is 0. The van der Waals surface area contributed by atoms with Gasteiger partial charge in [0.1, 0.15) is 0 Å². The van der Waals surface area contributed by atoms with Gasteiger partial charge in [-0.25, -0.2) is 4.99 Å². The summed E-state index contributed by atoms with van der Waals surface area (Å²) in [5, 5.41) is 3.12. The summed E-state index contributed by atoms with van der Waals surface area (Å²) >= 11 is 0. The third-order valence-electron chi connectivity index (χ3n) is 2.36. The Morgan fingerprint density at radius 3 is 2.44 bits per heavy atom. The maximum absolute atomic E-state index is 5.68. The number of nitrogens with one attached hydrogen (secondary N) is 1. The lowest BCUT2D eigenvalue weighted by atomic mass is 10.1. The average Bonchev–Trinajstić information content (AvgIpc) is 2.25. The summed E-state index contributed by atoms with van der Waals surface area (Å²) in [6, 6.07) is 0. The van der Waals surface area contributed by atoms with Gasteiger partial charge in [-0.2, -0.15) is 0 Å². The lowest BCUT2D eigenvalue weighted by molar-refractivity contribution is 0.601. The molecule has 0 aliphatic heterocycles. The minimum absolute atomic E-state index is 0.538. The van der Waals surface area contributed by atoms with Crippen LogP contribution in [0.4, 0.5) is 0 Å². The Morgan fingerprint density at radius 1 is 1.19 bits per heavy atom. The molecule has 94 valence electrons. The van der Waals surface area contributed by atoms with E-state index in [9.17, 15) is 0 Å². The van der Waals surface area contributed by atoms with E-state index in [1.165, 1.54) is 38.5 Å². The molecular formula is C13H27N3. The Balaban J connectivity index is 3.30. The Bertz CT molecular complexity index is 209. The van der Waals surface area contributed by atoms with E-state index in [-0.39, 0.29) is 0 Å². The van der Waals surface area contributed by atoms with E-state index >= 15 is 0 Å². The molecule has 0 aromatic carbocycles. The molecule has 0 amide bonds. The van der Waals surface area contributed by atoms with Crippen LogP contribution in [0.1, 0.15) is 52.4 Å². The highest BCUT2D eigenvalue weighted by Gasteiger charge is 1.92. The molecule has 0 aromatic rings. The lowest BCUT2D eigenvalue weighted by Crippen LogP contribution is -2.32. The molecule has 0 fully saturated rings. The Kier molecular flexibility index (Phi) is 9.87. The molecule has 0 unspecified atom stereocenters. The van der Waals surface area contributed by atoms with Crippen molar-refractivity contribution in [2.24, 2.45) is 10.7 Å². The van der Waals surface area contributed by atoms with Crippen molar-refractivity contribution in [3.05, 3.63) is 12.2 Å². The van der Waals surface area contributed by atoms with Gasteiger partial charge < -0.3 is 11.1 Å². The number of rotatable bonds is 9. The van der Waals surface area contributed by atoms with Crippen LogP contribution in [0.3, 0.4) is 0 Å². The highest BCUT2D eigenvalue weighted by atomic mass is 15.1. The van der Waals surface area contributed by atoms with Crippen LogP contribution < -0.4 is 11.1 Å². The predicted molar refractivity (Wildman–Crippen MR) is 72.7 cm³/mol. The van der Waals surface area contributed by atoms with Gasteiger partial charge in [0.05, 0.1) is 6.54 Å². The van der Waals surface area contributed by atoms with Gasteiger partial charge in [-0.3, -0.25) is 0 Å². The second-order valence-electron chi connectivity index (χ2n) is 4.35. The normalized spacial score (nSPS) is 11.5. The highest BCUT2D eigenvalue weighted by molar-refractivity contribution is 5.77. The van der Waals surface area contributed by atoms with Gasteiger partial charge in [0.2, 0.25) is 0 Å². The maximum Gasteiger partial charge on any atom is 0.188 e. The van der Waals surface area contributed by atoms with Crippen molar-refractivity contribution >= 4 is 5.96 Å². The van der Waals surface area contributed by atoms with Crippen LogP contribution in [-0.2, 0) is 0 Å². The molecule has 0 saturated heterocycles. The summed E-state index contributed by atoms with van der Waals surface area (Å²) in [4.78, 5) is 4.15. The number of guanidine groups is 1. The van der Waals surface area contributed by atoms with Crippen LogP contribution in [0.2, 0.25) is 0 Å². The molecule has 0 rings (SSSR count). The van der Waals surface area contributed by atoms with Crippen LogP contribution >= 0.6 is 0 Å². The third-order valence-corrected chi connectivity index (χ3v) is 2.36. The first-order chi connectivity index (χ1) is 7.66. The van der Waals surface area contributed by atoms with Crippen LogP contribution in [-0.4, -0.2) is 19.0 Å². The zero-order valence-electron chi connectivity index (χ0n) is 10.9. The van der Waals surface area contributed by atoms with E-state index in [0.29, 0.717) is 12.5 Å².